The molecule has 0 spiro atoms. The Balaban J connectivity index is 0.00000337. The maximum Gasteiger partial charge on any atom is 0.0299 e. The van der Waals surface area contributed by atoms with Crippen LogP contribution < -0.4 is 0 Å². The normalized spacial score (nSPS) is 10.6. The van der Waals surface area contributed by atoms with Gasteiger partial charge in [-0.15, -0.1) is 35.9 Å². The molecule has 41 heavy (non-hydrogen) atoms. The van der Waals surface area contributed by atoms with Gasteiger partial charge in [-0.1, -0.05) is 66.7 Å². The summed E-state index contributed by atoms with van der Waals surface area (Å²) >= 11 is 0. The number of aryl methyl sites for hydroxylation is 4. The van der Waals surface area contributed by atoms with Crippen molar-refractivity contribution in [2.24, 2.45) is 0 Å². The summed E-state index contributed by atoms with van der Waals surface area (Å²) in [6.45, 7) is 0. The Labute approximate surface area is 255 Å². The molecule has 0 aliphatic rings. The largest absolute Gasteiger partial charge is 0.304 e. The van der Waals surface area contributed by atoms with E-state index in [2.05, 4.69) is 82.8 Å². The van der Waals surface area contributed by atoms with Gasteiger partial charge in [-0.05, 0) is 88.0 Å². The van der Waals surface area contributed by atoms with Gasteiger partial charge in [0.2, 0.25) is 0 Å². The van der Waals surface area contributed by atoms with Crippen molar-refractivity contribution in [1.82, 2.24) is 15.0 Å². The molecule has 0 aliphatic heterocycles. The van der Waals surface area contributed by atoms with E-state index in [-0.39, 0.29) is 20.1 Å². The molecule has 3 heterocycles. The van der Waals surface area contributed by atoms with Gasteiger partial charge >= 0.3 is 0 Å². The maximum atomic E-state index is 4.78. The topological polar surface area (TPSA) is 38.7 Å². The molecule has 0 amide bonds. The van der Waals surface area contributed by atoms with Gasteiger partial charge in [-0.3, -0.25) is 9.97 Å². The molecule has 0 saturated carbocycles. The number of pyridine rings is 3. The van der Waals surface area contributed by atoms with E-state index in [1.165, 1.54) is 38.9 Å². The smallest absolute Gasteiger partial charge is 0.0299 e. The molecular weight excluding hydrogens is 679 g/mol. The van der Waals surface area contributed by atoms with Crippen molar-refractivity contribution in [2.45, 2.75) is 25.7 Å². The Morgan fingerprint density at radius 1 is 0.512 bits per heavy atom. The zero-order valence-corrected chi connectivity index (χ0v) is 25.1. The van der Waals surface area contributed by atoms with Crippen molar-refractivity contribution < 1.29 is 20.1 Å². The average Bonchev–Trinajstić information content (AvgIpc) is 3.04. The third-order valence-electron chi connectivity index (χ3n) is 7.20. The number of hydrogen-bond acceptors (Lipinski definition) is 3. The number of nitrogens with zero attached hydrogens (tertiary/aromatic N) is 3. The standard InChI is InChI=1S/C37H30N3.Ir/c1-2-10-32(11-3-1)37-19-18-33(27-40-37)35-12-4-5-13-36(35)34-23-30(16-14-28-8-6-20-38-25-28)22-31(24-34)17-15-29-9-7-21-39-26-29;/h1-10,12-13,18-27H,14-17H2;/q-1;. The zero-order chi connectivity index (χ0) is 27.0. The molecule has 6 aromatic rings. The van der Waals surface area contributed by atoms with Gasteiger partial charge in [-0.25, -0.2) is 0 Å². The Morgan fingerprint density at radius 3 is 1.66 bits per heavy atom. The van der Waals surface area contributed by atoms with Gasteiger partial charge in [0.25, 0.3) is 0 Å². The van der Waals surface area contributed by atoms with E-state index >= 15 is 0 Å². The fourth-order valence-electron chi connectivity index (χ4n) is 5.13. The monoisotopic (exact) mass is 709 g/mol. The first-order valence-electron chi connectivity index (χ1n) is 13.8. The Kier molecular flexibility index (Phi) is 9.59. The fourth-order valence-corrected chi connectivity index (χ4v) is 5.13. The van der Waals surface area contributed by atoms with Crippen LogP contribution in [-0.4, -0.2) is 15.0 Å². The Hall–Kier alpha value is -4.24. The van der Waals surface area contributed by atoms with E-state index in [0.29, 0.717) is 0 Å². The van der Waals surface area contributed by atoms with E-state index < -0.39 is 0 Å². The predicted octanol–water partition coefficient (Wildman–Crippen LogP) is 8.24. The number of hydrogen-bond donors (Lipinski definition) is 0. The van der Waals surface area contributed by atoms with Crippen LogP contribution in [0.3, 0.4) is 0 Å². The number of aromatic nitrogens is 3. The van der Waals surface area contributed by atoms with Crippen molar-refractivity contribution in [2.75, 3.05) is 0 Å². The second-order valence-corrected chi connectivity index (χ2v) is 10.0. The molecule has 0 saturated heterocycles. The van der Waals surface area contributed by atoms with Gasteiger partial charge in [0.15, 0.2) is 0 Å². The van der Waals surface area contributed by atoms with Crippen molar-refractivity contribution in [3.8, 4) is 33.5 Å². The molecule has 0 atom stereocenters. The molecule has 6 rings (SSSR count). The van der Waals surface area contributed by atoms with Crippen LogP contribution in [0.1, 0.15) is 22.3 Å². The summed E-state index contributed by atoms with van der Waals surface area (Å²) in [5, 5.41) is 0. The number of benzene rings is 3. The van der Waals surface area contributed by atoms with Gasteiger partial charge in [0, 0.05) is 51.1 Å². The first-order valence-corrected chi connectivity index (χ1v) is 13.8. The minimum absolute atomic E-state index is 0. The van der Waals surface area contributed by atoms with Gasteiger partial charge in [0.1, 0.15) is 0 Å². The maximum absolute atomic E-state index is 4.78. The van der Waals surface area contributed by atoms with Crippen molar-refractivity contribution in [1.29, 1.82) is 0 Å². The van der Waals surface area contributed by atoms with Gasteiger partial charge in [0.05, 0.1) is 0 Å². The molecule has 1 radical (unpaired) electrons. The van der Waals surface area contributed by atoms with Crippen LogP contribution >= 0.6 is 0 Å². The fraction of sp³-hybridized carbons (Fsp3) is 0.108. The first kappa shape index (κ1) is 28.3. The van der Waals surface area contributed by atoms with Crippen molar-refractivity contribution in [3.63, 3.8) is 0 Å². The molecule has 0 N–H and O–H groups in total. The van der Waals surface area contributed by atoms with Crippen molar-refractivity contribution >= 4 is 0 Å². The van der Waals surface area contributed by atoms with E-state index in [4.69, 9.17) is 4.98 Å². The second kappa shape index (κ2) is 13.9. The van der Waals surface area contributed by atoms with Crippen LogP contribution in [0.2, 0.25) is 0 Å². The van der Waals surface area contributed by atoms with Crippen LogP contribution in [0.25, 0.3) is 33.5 Å². The zero-order valence-electron chi connectivity index (χ0n) is 22.7. The quantitative estimate of drug-likeness (QED) is 0.142. The van der Waals surface area contributed by atoms with Crippen molar-refractivity contribution in [3.05, 3.63) is 162 Å². The minimum atomic E-state index is 0. The summed E-state index contributed by atoms with van der Waals surface area (Å²) in [6.07, 6.45) is 13.4. The van der Waals surface area contributed by atoms with Crippen LogP contribution in [0, 0.1) is 6.07 Å². The Bertz CT molecular complexity index is 1610. The minimum Gasteiger partial charge on any atom is -0.304 e. The third-order valence-corrected chi connectivity index (χ3v) is 7.20. The molecule has 3 nitrogen and oxygen atoms in total. The van der Waals surface area contributed by atoms with E-state index in [9.17, 15) is 0 Å². The van der Waals surface area contributed by atoms with Gasteiger partial charge < -0.3 is 4.98 Å². The van der Waals surface area contributed by atoms with Crippen LogP contribution in [0.15, 0.2) is 134 Å². The average molecular weight is 709 g/mol. The molecule has 203 valence electrons. The predicted molar refractivity (Wildman–Crippen MR) is 163 cm³/mol. The second-order valence-electron chi connectivity index (χ2n) is 10.0. The summed E-state index contributed by atoms with van der Waals surface area (Å²) in [4.78, 5) is 13.4. The summed E-state index contributed by atoms with van der Waals surface area (Å²) < 4.78 is 0. The SMILES string of the molecule is [Ir].[c-]1ccccc1-c1ccc(-c2ccccc2-c2cc(CCc3cccnc3)cc(CCc3cccnc3)c2)cn1. The van der Waals surface area contributed by atoms with E-state index in [1.54, 1.807) is 0 Å². The summed E-state index contributed by atoms with van der Waals surface area (Å²) in [7, 11) is 0. The Morgan fingerprint density at radius 2 is 1.12 bits per heavy atom. The molecule has 0 fully saturated rings. The molecule has 0 bridgehead atoms. The molecule has 3 aromatic heterocycles. The third kappa shape index (κ3) is 7.29. The summed E-state index contributed by atoms with van der Waals surface area (Å²) in [5.41, 5.74) is 11.9. The molecule has 0 unspecified atom stereocenters. The molecular formula is C37H30IrN3-. The summed E-state index contributed by atoms with van der Waals surface area (Å²) in [6, 6.07) is 39.5. The van der Waals surface area contributed by atoms with Gasteiger partial charge in [-0.2, -0.15) is 0 Å². The van der Waals surface area contributed by atoms with E-state index in [0.717, 1.165) is 42.5 Å². The van der Waals surface area contributed by atoms with Crippen LogP contribution in [0.4, 0.5) is 0 Å². The first-order chi connectivity index (χ1) is 19.8. The molecule has 0 aliphatic carbocycles. The molecule has 4 heteroatoms. The van der Waals surface area contributed by atoms with E-state index in [1.807, 2.05) is 67.4 Å². The van der Waals surface area contributed by atoms with Crippen LogP contribution in [-0.2, 0) is 45.8 Å². The molecule has 3 aromatic carbocycles. The summed E-state index contributed by atoms with van der Waals surface area (Å²) in [5.74, 6) is 0. The number of rotatable bonds is 9. The van der Waals surface area contributed by atoms with Crippen LogP contribution in [0.5, 0.6) is 0 Å².